The molecular formula is C15H16N4O3. The molecule has 0 unspecified atom stereocenters. The Morgan fingerprint density at radius 2 is 2.18 bits per heavy atom. The highest BCUT2D eigenvalue weighted by atomic mass is 16.5. The number of fused-ring (bicyclic) bond motifs is 1. The molecule has 0 saturated carbocycles. The van der Waals surface area contributed by atoms with Crippen LogP contribution in [0.1, 0.15) is 16.7 Å². The molecule has 1 aromatic carbocycles. The molecule has 114 valence electrons. The number of nitrogens with zero attached hydrogens (tertiary/aromatic N) is 2. The van der Waals surface area contributed by atoms with Gasteiger partial charge in [0.25, 0.3) is 0 Å². The van der Waals surface area contributed by atoms with E-state index >= 15 is 0 Å². The molecule has 1 aliphatic heterocycles. The van der Waals surface area contributed by atoms with Gasteiger partial charge in [0.05, 0.1) is 7.11 Å². The van der Waals surface area contributed by atoms with Gasteiger partial charge < -0.3 is 26.0 Å². The number of aromatic hydroxyl groups is 1. The molecule has 5 N–H and O–H groups in total. The van der Waals surface area contributed by atoms with Gasteiger partial charge in [-0.2, -0.15) is 4.98 Å². The fraction of sp³-hybridized carbons (Fsp3) is 0.200. The summed E-state index contributed by atoms with van der Waals surface area (Å²) in [4.78, 5) is 7.90. The zero-order valence-corrected chi connectivity index (χ0v) is 12.0. The number of phenolic OH excluding ortho intramolecular Hbond substituents is 1. The maximum absolute atomic E-state index is 10.1. The molecule has 0 bridgehead atoms. The van der Waals surface area contributed by atoms with Crippen molar-refractivity contribution < 1.29 is 14.6 Å². The van der Waals surface area contributed by atoms with Crippen LogP contribution in [0.3, 0.4) is 0 Å². The standard InChI is InChI=1S/C15H16N4O3/c1-21-13-11(20)6-8(10-3-2-4-22-12(10)13)5-9-7-18-15(17)19-14(9)16/h2-3,6-7,20H,4-5H2,1H3,(H4,16,17,18,19). The maximum atomic E-state index is 10.1. The fourth-order valence-corrected chi connectivity index (χ4v) is 2.44. The zero-order chi connectivity index (χ0) is 15.7. The summed E-state index contributed by atoms with van der Waals surface area (Å²) in [7, 11) is 1.49. The number of methoxy groups -OCH3 is 1. The minimum atomic E-state index is 0.0153. The molecule has 3 rings (SSSR count). The van der Waals surface area contributed by atoms with Gasteiger partial charge in [0.1, 0.15) is 12.4 Å². The Hall–Kier alpha value is -2.96. The van der Waals surface area contributed by atoms with E-state index in [1.54, 1.807) is 12.3 Å². The molecule has 0 spiro atoms. The Bertz CT molecular complexity index is 759. The summed E-state index contributed by atoms with van der Waals surface area (Å²) in [6, 6.07) is 1.63. The quantitative estimate of drug-likeness (QED) is 0.783. The lowest BCUT2D eigenvalue weighted by Crippen LogP contribution is -2.08. The van der Waals surface area contributed by atoms with Crippen LogP contribution in [0.4, 0.5) is 11.8 Å². The first-order valence-electron chi connectivity index (χ1n) is 6.69. The second kappa shape index (κ2) is 5.44. The van der Waals surface area contributed by atoms with Gasteiger partial charge in [-0.25, -0.2) is 4.98 Å². The molecule has 2 aromatic rings. The van der Waals surface area contributed by atoms with E-state index in [0.717, 1.165) is 16.7 Å². The summed E-state index contributed by atoms with van der Waals surface area (Å²) >= 11 is 0. The van der Waals surface area contributed by atoms with Crippen LogP contribution < -0.4 is 20.9 Å². The number of anilines is 2. The molecular weight excluding hydrogens is 284 g/mol. The van der Waals surface area contributed by atoms with Gasteiger partial charge in [-0.15, -0.1) is 0 Å². The Kier molecular flexibility index (Phi) is 3.46. The monoisotopic (exact) mass is 300 g/mol. The van der Waals surface area contributed by atoms with E-state index in [1.165, 1.54) is 7.11 Å². The van der Waals surface area contributed by atoms with Crippen molar-refractivity contribution in [1.82, 2.24) is 9.97 Å². The lowest BCUT2D eigenvalue weighted by molar-refractivity contribution is 0.309. The first kappa shape index (κ1) is 14.0. The lowest BCUT2D eigenvalue weighted by Gasteiger charge is -2.20. The number of aromatic nitrogens is 2. The average molecular weight is 300 g/mol. The molecule has 0 atom stereocenters. The van der Waals surface area contributed by atoms with Crippen LogP contribution in [-0.4, -0.2) is 28.8 Å². The molecule has 0 fully saturated rings. The second-order valence-corrected chi connectivity index (χ2v) is 4.86. The van der Waals surface area contributed by atoms with Crippen LogP contribution in [0.25, 0.3) is 6.08 Å². The number of nitrogen functional groups attached to an aromatic ring is 2. The third-order valence-corrected chi connectivity index (χ3v) is 3.45. The second-order valence-electron chi connectivity index (χ2n) is 4.86. The number of nitrogens with two attached hydrogens (primary N) is 2. The SMILES string of the molecule is COc1c(O)cc(Cc2cnc(N)nc2N)c2c1OCC=C2. The van der Waals surface area contributed by atoms with E-state index < -0.39 is 0 Å². The Labute approximate surface area is 127 Å². The van der Waals surface area contributed by atoms with Gasteiger partial charge in [0.15, 0.2) is 11.5 Å². The summed E-state index contributed by atoms with van der Waals surface area (Å²) in [6.07, 6.45) is 5.86. The van der Waals surface area contributed by atoms with Crippen molar-refractivity contribution in [3.63, 3.8) is 0 Å². The smallest absolute Gasteiger partial charge is 0.221 e. The lowest BCUT2D eigenvalue weighted by atomic mass is 9.97. The largest absolute Gasteiger partial charge is 0.504 e. The van der Waals surface area contributed by atoms with E-state index in [4.69, 9.17) is 20.9 Å². The molecule has 0 radical (unpaired) electrons. The van der Waals surface area contributed by atoms with Gasteiger partial charge in [0.2, 0.25) is 11.7 Å². The molecule has 7 nitrogen and oxygen atoms in total. The van der Waals surface area contributed by atoms with Gasteiger partial charge in [-0.3, -0.25) is 0 Å². The number of benzene rings is 1. The highest BCUT2D eigenvalue weighted by molar-refractivity contribution is 5.71. The number of phenols is 1. The van der Waals surface area contributed by atoms with Crippen molar-refractivity contribution in [3.8, 4) is 17.2 Å². The van der Waals surface area contributed by atoms with E-state index in [0.29, 0.717) is 30.3 Å². The van der Waals surface area contributed by atoms with Crippen LogP contribution >= 0.6 is 0 Å². The molecule has 2 heterocycles. The van der Waals surface area contributed by atoms with Gasteiger partial charge in [-0.05, 0) is 17.7 Å². The number of hydrogen-bond acceptors (Lipinski definition) is 7. The van der Waals surface area contributed by atoms with Crippen LogP contribution in [0, 0.1) is 0 Å². The van der Waals surface area contributed by atoms with Crippen molar-refractivity contribution in [2.45, 2.75) is 6.42 Å². The summed E-state index contributed by atoms with van der Waals surface area (Å²) in [5, 5.41) is 10.1. The minimum absolute atomic E-state index is 0.0153. The predicted octanol–water partition coefficient (Wildman–Crippen LogP) is 1.35. The van der Waals surface area contributed by atoms with E-state index in [2.05, 4.69) is 9.97 Å². The van der Waals surface area contributed by atoms with Gasteiger partial charge >= 0.3 is 0 Å². The Morgan fingerprint density at radius 3 is 2.91 bits per heavy atom. The van der Waals surface area contributed by atoms with E-state index in [-0.39, 0.29) is 11.7 Å². The first-order chi connectivity index (χ1) is 10.6. The van der Waals surface area contributed by atoms with Crippen molar-refractivity contribution in [3.05, 3.63) is 35.0 Å². The zero-order valence-electron chi connectivity index (χ0n) is 12.0. The summed E-state index contributed by atoms with van der Waals surface area (Å²) in [6.45, 7) is 0.430. The highest BCUT2D eigenvalue weighted by Gasteiger charge is 2.21. The summed E-state index contributed by atoms with van der Waals surface area (Å²) in [5.74, 6) is 1.31. The van der Waals surface area contributed by atoms with Crippen molar-refractivity contribution >= 4 is 17.8 Å². The average Bonchev–Trinajstić information content (AvgIpc) is 2.50. The fourth-order valence-electron chi connectivity index (χ4n) is 2.44. The predicted molar refractivity (Wildman–Crippen MR) is 82.9 cm³/mol. The van der Waals surface area contributed by atoms with Gasteiger partial charge in [0, 0.05) is 23.7 Å². The van der Waals surface area contributed by atoms with E-state index in [9.17, 15) is 5.11 Å². The number of rotatable bonds is 3. The Balaban J connectivity index is 2.08. The third kappa shape index (κ3) is 2.37. The molecule has 0 saturated heterocycles. The molecule has 1 aliphatic rings. The summed E-state index contributed by atoms with van der Waals surface area (Å²) < 4.78 is 10.8. The third-order valence-electron chi connectivity index (χ3n) is 3.45. The molecule has 7 heteroatoms. The van der Waals surface area contributed by atoms with Crippen molar-refractivity contribution in [1.29, 1.82) is 0 Å². The Morgan fingerprint density at radius 1 is 1.36 bits per heavy atom. The molecule has 0 amide bonds. The van der Waals surface area contributed by atoms with Gasteiger partial charge in [-0.1, -0.05) is 6.08 Å². The van der Waals surface area contributed by atoms with Crippen LogP contribution in [0.2, 0.25) is 0 Å². The highest BCUT2D eigenvalue weighted by Crippen LogP contribution is 2.44. The maximum Gasteiger partial charge on any atom is 0.221 e. The normalized spacial score (nSPS) is 12.6. The number of hydrogen-bond donors (Lipinski definition) is 3. The molecule has 22 heavy (non-hydrogen) atoms. The minimum Gasteiger partial charge on any atom is -0.504 e. The van der Waals surface area contributed by atoms with Crippen LogP contribution in [0.5, 0.6) is 17.2 Å². The summed E-state index contributed by atoms with van der Waals surface area (Å²) in [5.41, 5.74) is 13.8. The topological polar surface area (TPSA) is 117 Å². The van der Waals surface area contributed by atoms with E-state index in [1.807, 2.05) is 12.2 Å². The molecule has 0 aliphatic carbocycles. The number of ether oxygens (including phenoxy) is 2. The van der Waals surface area contributed by atoms with Crippen LogP contribution in [0.15, 0.2) is 18.3 Å². The molecule has 1 aromatic heterocycles. The van der Waals surface area contributed by atoms with Crippen molar-refractivity contribution in [2.24, 2.45) is 0 Å². The van der Waals surface area contributed by atoms with Crippen molar-refractivity contribution in [2.75, 3.05) is 25.2 Å². The first-order valence-corrected chi connectivity index (χ1v) is 6.69. The van der Waals surface area contributed by atoms with Crippen LogP contribution in [-0.2, 0) is 6.42 Å².